The first kappa shape index (κ1) is 13.8. The van der Waals surface area contributed by atoms with Gasteiger partial charge in [-0.15, -0.1) is 0 Å². The van der Waals surface area contributed by atoms with Gasteiger partial charge in [0, 0.05) is 25.9 Å². The van der Waals surface area contributed by atoms with Crippen LogP contribution in [0.5, 0.6) is 0 Å². The summed E-state index contributed by atoms with van der Waals surface area (Å²) in [5, 5.41) is 8.75. The number of nitrogens with zero attached hydrogens (tertiary/aromatic N) is 3. The highest BCUT2D eigenvalue weighted by atomic mass is 16.5. The van der Waals surface area contributed by atoms with Gasteiger partial charge in [0.25, 0.3) is 0 Å². The highest BCUT2D eigenvalue weighted by Crippen LogP contribution is 2.19. The van der Waals surface area contributed by atoms with Gasteiger partial charge >= 0.3 is 0 Å². The lowest BCUT2D eigenvalue weighted by Crippen LogP contribution is -2.37. The van der Waals surface area contributed by atoms with Crippen molar-refractivity contribution in [2.24, 2.45) is 5.73 Å². The molecule has 0 amide bonds. The fourth-order valence-corrected chi connectivity index (χ4v) is 2.22. The summed E-state index contributed by atoms with van der Waals surface area (Å²) < 4.78 is 5.77. The van der Waals surface area contributed by atoms with E-state index in [1.807, 2.05) is 12.1 Å². The maximum absolute atomic E-state index is 8.75. The number of hydrogen-bond acceptors (Lipinski definition) is 5. The molecule has 5 heteroatoms. The van der Waals surface area contributed by atoms with Gasteiger partial charge in [0.2, 0.25) is 0 Å². The van der Waals surface area contributed by atoms with Crippen LogP contribution < -0.4 is 10.6 Å². The quantitative estimate of drug-likeness (QED) is 0.807. The number of nitrogens with two attached hydrogens (primary N) is 1. The Bertz CT molecular complexity index is 418. The van der Waals surface area contributed by atoms with Gasteiger partial charge in [-0.25, -0.2) is 4.98 Å². The van der Waals surface area contributed by atoms with Gasteiger partial charge in [-0.2, -0.15) is 5.26 Å². The molecule has 1 aliphatic heterocycles. The van der Waals surface area contributed by atoms with Crippen LogP contribution in [0.1, 0.15) is 24.8 Å². The number of pyridine rings is 1. The minimum atomic E-state index is 0.348. The first-order valence-corrected chi connectivity index (χ1v) is 6.76. The summed E-state index contributed by atoms with van der Waals surface area (Å²) in [5.74, 6) is 0.944. The van der Waals surface area contributed by atoms with Crippen LogP contribution in [0, 0.1) is 11.3 Å². The summed E-state index contributed by atoms with van der Waals surface area (Å²) in [5.41, 5.74) is 6.05. The van der Waals surface area contributed by atoms with Gasteiger partial charge in [0.05, 0.1) is 11.7 Å². The van der Waals surface area contributed by atoms with Crippen LogP contribution in [0.15, 0.2) is 18.3 Å². The number of piperidine rings is 1. The Kier molecular flexibility index (Phi) is 5.13. The smallest absolute Gasteiger partial charge is 0.128 e. The van der Waals surface area contributed by atoms with Gasteiger partial charge in [-0.05, 0) is 37.9 Å². The van der Waals surface area contributed by atoms with Crippen molar-refractivity contribution in [3.8, 4) is 6.07 Å². The predicted octanol–water partition coefficient (Wildman–Crippen LogP) is 1.29. The molecule has 0 aromatic carbocycles. The molecule has 0 spiro atoms. The van der Waals surface area contributed by atoms with Gasteiger partial charge < -0.3 is 15.4 Å². The Labute approximate surface area is 114 Å². The van der Waals surface area contributed by atoms with Gasteiger partial charge in [-0.1, -0.05) is 0 Å². The number of ether oxygens (including phenoxy) is 1. The third kappa shape index (κ3) is 3.91. The predicted molar refractivity (Wildman–Crippen MR) is 73.8 cm³/mol. The van der Waals surface area contributed by atoms with E-state index in [9.17, 15) is 0 Å². The monoisotopic (exact) mass is 260 g/mol. The van der Waals surface area contributed by atoms with Crippen molar-refractivity contribution in [2.75, 3.05) is 31.1 Å². The van der Waals surface area contributed by atoms with E-state index in [1.54, 1.807) is 6.20 Å². The second-order valence-electron chi connectivity index (χ2n) is 4.72. The lowest BCUT2D eigenvalue weighted by molar-refractivity contribution is 0.0365. The Morgan fingerprint density at radius 3 is 2.79 bits per heavy atom. The van der Waals surface area contributed by atoms with Gasteiger partial charge in [0.1, 0.15) is 11.9 Å². The molecule has 1 aromatic heterocycles. The number of nitriles is 1. The summed E-state index contributed by atoms with van der Waals surface area (Å²) in [4.78, 5) is 6.56. The zero-order valence-electron chi connectivity index (χ0n) is 11.1. The molecule has 0 aliphatic carbocycles. The van der Waals surface area contributed by atoms with E-state index in [0.717, 1.165) is 44.8 Å². The van der Waals surface area contributed by atoms with Crippen molar-refractivity contribution < 1.29 is 4.74 Å². The summed E-state index contributed by atoms with van der Waals surface area (Å²) in [6, 6.07) is 5.80. The largest absolute Gasteiger partial charge is 0.378 e. The van der Waals surface area contributed by atoms with E-state index >= 15 is 0 Å². The lowest BCUT2D eigenvalue weighted by atomic mass is 10.1. The molecule has 1 saturated heterocycles. The number of rotatable bonds is 5. The number of hydrogen-bond donors (Lipinski definition) is 1. The molecule has 2 rings (SSSR count). The summed E-state index contributed by atoms with van der Waals surface area (Å²) in [6.07, 6.45) is 4.94. The first-order chi connectivity index (χ1) is 9.33. The van der Waals surface area contributed by atoms with Crippen LogP contribution in [0.25, 0.3) is 0 Å². The minimum Gasteiger partial charge on any atom is -0.378 e. The van der Waals surface area contributed by atoms with E-state index in [4.69, 9.17) is 15.7 Å². The molecule has 0 radical (unpaired) electrons. The zero-order valence-corrected chi connectivity index (χ0v) is 11.1. The third-order valence-corrected chi connectivity index (χ3v) is 3.34. The van der Waals surface area contributed by atoms with Crippen LogP contribution in [0.2, 0.25) is 0 Å². The van der Waals surface area contributed by atoms with Crippen LogP contribution >= 0.6 is 0 Å². The second-order valence-corrected chi connectivity index (χ2v) is 4.72. The minimum absolute atomic E-state index is 0.348. The molecular weight excluding hydrogens is 240 g/mol. The van der Waals surface area contributed by atoms with Crippen molar-refractivity contribution in [3.63, 3.8) is 0 Å². The average molecular weight is 260 g/mol. The fourth-order valence-electron chi connectivity index (χ4n) is 2.22. The fraction of sp³-hybridized carbons (Fsp3) is 0.571. The Balaban J connectivity index is 1.80. The molecule has 5 nitrogen and oxygen atoms in total. The van der Waals surface area contributed by atoms with Crippen molar-refractivity contribution in [1.29, 1.82) is 5.26 Å². The molecule has 2 N–H and O–H groups in total. The summed E-state index contributed by atoms with van der Waals surface area (Å²) >= 11 is 0. The van der Waals surface area contributed by atoms with Crippen molar-refractivity contribution >= 4 is 5.82 Å². The molecule has 0 saturated carbocycles. The SMILES string of the molecule is N#Cc1ccc(N2CCC(OCCCN)CC2)nc1. The maximum atomic E-state index is 8.75. The molecule has 102 valence electrons. The molecule has 0 unspecified atom stereocenters. The Morgan fingerprint density at radius 2 is 2.21 bits per heavy atom. The van der Waals surface area contributed by atoms with Gasteiger partial charge in [0.15, 0.2) is 0 Å². The standard InChI is InChI=1S/C14H20N4O/c15-6-1-9-19-13-4-7-18(8-5-13)14-3-2-12(10-16)11-17-14/h2-3,11,13H,1,4-9,15H2. The summed E-state index contributed by atoms with van der Waals surface area (Å²) in [6.45, 7) is 3.35. The van der Waals surface area contributed by atoms with Crippen molar-refractivity contribution in [1.82, 2.24) is 4.98 Å². The van der Waals surface area contributed by atoms with E-state index in [1.165, 1.54) is 0 Å². The molecule has 1 fully saturated rings. The molecule has 19 heavy (non-hydrogen) atoms. The molecular formula is C14H20N4O. The molecule has 1 aliphatic rings. The van der Waals surface area contributed by atoms with E-state index in [2.05, 4.69) is 16.0 Å². The van der Waals surface area contributed by atoms with E-state index in [0.29, 0.717) is 18.2 Å². The number of aromatic nitrogens is 1. The van der Waals surface area contributed by atoms with Crippen LogP contribution in [0.4, 0.5) is 5.82 Å². The molecule has 1 aromatic rings. The Hall–Kier alpha value is -1.64. The van der Waals surface area contributed by atoms with Gasteiger partial charge in [-0.3, -0.25) is 0 Å². The average Bonchev–Trinajstić information content (AvgIpc) is 2.48. The van der Waals surface area contributed by atoms with E-state index in [-0.39, 0.29) is 0 Å². The topological polar surface area (TPSA) is 75.2 Å². The highest BCUT2D eigenvalue weighted by Gasteiger charge is 2.20. The third-order valence-electron chi connectivity index (χ3n) is 3.34. The zero-order chi connectivity index (χ0) is 13.5. The maximum Gasteiger partial charge on any atom is 0.128 e. The van der Waals surface area contributed by atoms with Crippen LogP contribution in [0.3, 0.4) is 0 Å². The number of anilines is 1. The van der Waals surface area contributed by atoms with E-state index < -0.39 is 0 Å². The molecule has 0 atom stereocenters. The highest BCUT2D eigenvalue weighted by molar-refractivity contribution is 5.42. The first-order valence-electron chi connectivity index (χ1n) is 6.76. The Morgan fingerprint density at radius 1 is 1.42 bits per heavy atom. The lowest BCUT2D eigenvalue weighted by Gasteiger charge is -2.32. The van der Waals surface area contributed by atoms with Crippen molar-refractivity contribution in [3.05, 3.63) is 23.9 Å². The van der Waals surface area contributed by atoms with Crippen molar-refractivity contribution in [2.45, 2.75) is 25.4 Å². The molecule has 2 heterocycles. The summed E-state index contributed by atoms with van der Waals surface area (Å²) in [7, 11) is 0. The second kappa shape index (κ2) is 7.07. The van der Waals surface area contributed by atoms with Crippen LogP contribution in [-0.4, -0.2) is 37.3 Å². The normalized spacial score (nSPS) is 16.3. The molecule has 0 bridgehead atoms. The van der Waals surface area contributed by atoms with Crippen LogP contribution in [-0.2, 0) is 4.74 Å².